The first-order valence-corrected chi connectivity index (χ1v) is 17.0. The first-order valence-electron chi connectivity index (χ1n) is 15.4. The molecule has 2 aromatic carbocycles. The Labute approximate surface area is 291 Å². The lowest BCUT2D eigenvalue weighted by Crippen LogP contribution is -2.53. The molecule has 2 atom stereocenters. The first kappa shape index (κ1) is 33.8. The fraction of sp³-hybridized carbons (Fsp3) is 0.353. The van der Waals surface area contributed by atoms with E-state index in [1.165, 1.54) is 48.9 Å². The van der Waals surface area contributed by atoms with Crippen molar-refractivity contribution >= 4 is 51.7 Å². The molecule has 3 fully saturated rings. The summed E-state index contributed by atoms with van der Waals surface area (Å²) in [7, 11) is 3.03. The monoisotopic (exact) mass is 712 g/mol. The van der Waals surface area contributed by atoms with Crippen LogP contribution in [0.4, 0.5) is 9.93 Å². The number of hydrogen-bond donors (Lipinski definition) is 1. The van der Waals surface area contributed by atoms with E-state index in [2.05, 4.69) is 9.88 Å². The summed E-state index contributed by atoms with van der Waals surface area (Å²) in [6.45, 7) is 2.82. The second-order valence-electron chi connectivity index (χ2n) is 11.9. The van der Waals surface area contributed by atoms with E-state index < -0.39 is 18.0 Å². The number of fused-ring (bicyclic) bond motifs is 3. The van der Waals surface area contributed by atoms with E-state index in [9.17, 15) is 19.9 Å². The van der Waals surface area contributed by atoms with Crippen molar-refractivity contribution in [2.24, 2.45) is 5.92 Å². The lowest BCUT2D eigenvalue weighted by atomic mass is 9.82. The number of halogens is 2. The van der Waals surface area contributed by atoms with Gasteiger partial charge in [0.2, 0.25) is 12.4 Å². The molecule has 4 aromatic rings. The summed E-state index contributed by atoms with van der Waals surface area (Å²) in [6.07, 6.45) is 5.65. The number of aromatic carboxylic acids is 1. The van der Waals surface area contributed by atoms with Gasteiger partial charge in [-0.15, -0.1) is 11.3 Å². The minimum Gasteiger partial charge on any atom is -0.545 e. The summed E-state index contributed by atoms with van der Waals surface area (Å²) >= 11 is 14.4. The van der Waals surface area contributed by atoms with Gasteiger partial charge in [0, 0.05) is 39.9 Å². The SMILES string of the molecule is COc1ccc([C@H](Cc2c(Cl)c[n+](O)cc2Cl)c2cc(CN(C(=O)O[C@H]3CN4CCC3CC4)c3nccs3)ccc2C(=O)[O-])cc1OC. The highest BCUT2D eigenvalue weighted by Crippen LogP contribution is 2.39. The normalized spacial score (nSPS) is 19.0. The average Bonchev–Trinajstić information content (AvgIpc) is 3.62. The maximum Gasteiger partial charge on any atom is 0.416 e. The summed E-state index contributed by atoms with van der Waals surface area (Å²) in [5.41, 5.74) is 2.16. The standard InChI is InChI=1S/C34H34Cl2N4O7S/c1-45-29-6-4-22(14-30(29)46-2)24(15-26-27(35)17-39(44)18-28(26)36)25-13-20(3-5-23(25)32(41)42)16-40(33-37-9-12-48-33)34(43)47-31-19-38-10-7-21(31)8-11-38/h3-6,9,12-14,17-18,21,24,31H,7-8,10-11,15-16,19H2,1-2H3,(H-,41,42,44)/t24-,31-/m0/s1. The number of carboxylic acids is 1. The number of ether oxygens (including phenoxy) is 3. The van der Waals surface area contributed by atoms with Gasteiger partial charge >= 0.3 is 6.09 Å². The fourth-order valence-corrected chi connectivity index (χ4v) is 7.82. The molecular formula is C34H34Cl2N4O7S. The molecule has 1 amide bonds. The molecule has 7 rings (SSSR count). The quantitative estimate of drug-likeness (QED) is 0.169. The summed E-state index contributed by atoms with van der Waals surface area (Å²) in [4.78, 5) is 34.5. The van der Waals surface area contributed by atoms with Gasteiger partial charge in [-0.3, -0.25) is 10.1 Å². The zero-order chi connectivity index (χ0) is 33.9. The molecule has 2 bridgehead atoms. The van der Waals surface area contributed by atoms with Crippen LogP contribution in [-0.4, -0.2) is 67.1 Å². The number of anilines is 1. The molecule has 14 heteroatoms. The fourth-order valence-electron chi connectivity index (χ4n) is 6.58. The van der Waals surface area contributed by atoms with Gasteiger partial charge in [0.15, 0.2) is 16.6 Å². The largest absolute Gasteiger partial charge is 0.545 e. The number of carbonyl (C=O) groups excluding carboxylic acids is 2. The third-order valence-electron chi connectivity index (χ3n) is 9.06. The lowest BCUT2D eigenvalue weighted by Gasteiger charge is -2.44. The van der Waals surface area contributed by atoms with Gasteiger partial charge in [0.05, 0.1) is 26.7 Å². The van der Waals surface area contributed by atoms with Gasteiger partial charge in [-0.2, -0.15) is 0 Å². The van der Waals surface area contributed by atoms with Crippen LogP contribution in [0.5, 0.6) is 11.5 Å². The number of methoxy groups -OCH3 is 2. The molecule has 48 heavy (non-hydrogen) atoms. The van der Waals surface area contributed by atoms with Gasteiger partial charge in [0.1, 0.15) is 16.1 Å². The summed E-state index contributed by atoms with van der Waals surface area (Å²) in [5.74, 6) is -0.764. The van der Waals surface area contributed by atoms with Crippen molar-refractivity contribution in [3.63, 3.8) is 0 Å². The van der Waals surface area contributed by atoms with Gasteiger partial charge in [-0.1, -0.05) is 47.5 Å². The van der Waals surface area contributed by atoms with E-state index in [1.54, 1.807) is 35.8 Å². The van der Waals surface area contributed by atoms with Crippen molar-refractivity contribution in [1.82, 2.24) is 9.88 Å². The average molecular weight is 714 g/mol. The van der Waals surface area contributed by atoms with E-state index in [-0.39, 0.29) is 34.7 Å². The molecular weight excluding hydrogens is 679 g/mol. The zero-order valence-corrected chi connectivity index (χ0v) is 28.6. The molecule has 252 valence electrons. The topological polar surface area (TPSA) is 128 Å². The van der Waals surface area contributed by atoms with E-state index in [1.807, 2.05) is 6.07 Å². The Morgan fingerprint density at radius 2 is 1.83 bits per heavy atom. The molecule has 0 unspecified atom stereocenters. The van der Waals surface area contributed by atoms with Crippen LogP contribution in [0.25, 0.3) is 0 Å². The number of benzene rings is 2. The second kappa shape index (κ2) is 14.6. The lowest BCUT2D eigenvalue weighted by molar-refractivity contribution is -0.904. The first-order chi connectivity index (χ1) is 23.1. The predicted octanol–water partition coefficient (Wildman–Crippen LogP) is 4.97. The number of aromatic nitrogens is 2. The smallest absolute Gasteiger partial charge is 0.416 e. The number of rotatable bonds is 11. The van der Waals surface area contributed by atoms with Crippen molar-refractivity contribution < 1.29 is 38.8 Å². The maximum atomic E-state index is 13.8. The number of carbonyl (C=O) groups is 2. The highest BCUT2D eigenvalue weighted by molar-refractivity contribution is 7.13. The van der Waals surface area contributed by atoms with Crippen LogP contribution in [0.15, 0.2) is 60.4 Å². The molecule has 1 N–H and O–H groups in total. The minimum absolute atomic E-state index is 0.0467. The van der Waals surface area contributed by atoms with E-state index >= 15 is 0 Å². The molecule has 3 aliphatic rings. The number of amides is 1. The van der Waals surface area contributed by atoms with Crippen LogP contribution < -0.4 is 24.2 Å². The second-order valence-corrected chi connectivity index (χ2v) is 13.5. The van der Waals surface area contributed by atoms with Crippen molar-refractivity contribution in [2.75, 3.05) is 38.8 Å². The van der Waals surface area contributed by atoms with Gasteiger partial charge in [-0.05, 0) is 67.1 Å². The third kappa shape index (κ3) is 7.17. The van der Waals surface area contributed by atoms with Crippen molar-refractivity contribution in [3.05, 3.63) is 98.2 Å². The Balaban J connectivity index is 1.40. The number of carboxylic acid groups (broad SMARTS) is 1. The number of nitrogens with zero attached hydrogens (tertiary/aromatic N) is 4. The van der Waals surface area contributed by atoms with Crippen LogP contribution in [0.3, 0.4) is 0 Å². The molecule has 0 aliphatic carbocycles. The molecule has 2 aromatic heterocycles. The molecule has 3 saturated heterocycles. The van der Waals surface area contributed by atoms with E-state index in [0.29, 0.717) is 51.3 Å². The van der Waals surface area contributed by atoms with E-state index in [4.69, 9.17) is 37.4 Å². The molecule has 5 heterocycles. The molecule has 3 aliphatic heterocycles. The van der Waals surface area contributed by atoms with Crippen LogP contribution in [-0.2, 0) is 17.7 Å². The highest BCUT2D eigenvalue weighted by atomic mass is 35.5. The Hall–Kier alpha value is -4.10. The van der Waals surface area contributed by atoms with Crippen LogP contribution in [0.1, 0.15) is 51.4 Å². The minimum atomic E-state index is -1.38. The zero-order valence-electron chi connectivity index (χ0n) is 26.3. The molecule has 11 nitrogen and oxygen atoms in total. The predicted molar refractivity (Wildman–Crippen MR) is 177 cm³/mol. The Morgan fingerprint density at radius 3 is 2.44 bits per heavy atom. The molecule has 0 radical (unpaired) electrons. The summed E-state index contributed by atoms with van der Waals surface area (Å²) in [6, 6.07) is 10.2. The van der Waals surface area contributed by atoms with Crippen molar-refractivity contribution in [1.29, 1.82) is 0 Å². The number of hydrogen-bond acceptors (Lipinski definition) is 10. The van der Waals surface area contributed by atoms with Gasteiger partial charge in [-0.25, -0.2) is 14.7 Å². The third-order valence-corrected chi connectivity index (χ3v) is 10.5. The Bertz CT molecular complexity index is 1780. The van der Waals surface area contributed by atoms with Gasteiger partial charge < -0.3 is 24.1 Å². The Kier molecular flexibility index (Phi) is 10.3. The Morgan fingerprint density at radius 1 is 1.10 bits per heavy atom. The molecule has 0 saturated carbocycles. The number of pyridine rings is 1. The summed E-state index contributed by atoms with van der Waals surface area (Å²) in [5, 5.41) is 25.2. The highest BCUT2D eigenvalue weighted by Gasteiger charge is 2.38. The summed E-state index contributed by atoms with van der Waals surface area (Å²) < 4.78 is 17.9. The van der Waals surface area contributed by atoms with Crippen LogP contribution in [0, 0.1) is 5.92 Å². The molecule has 0 spiro atoms. The van der Waals surface area contributed by atoms with Crippen molar-refractivity contribution in [3.8, 4) is 11.5 Å². The number of piperidine rings is 3. The van der Waals surface area contributed by atoms with Gasteiger partial charge in [0.25, 0.3) is 0 Å². The van der Waals surface area contributed by atoms with Crippen LogP contribution in [0.2, 0.25) is 10.0 Å². The van der Waals surface area contributed by atoms with Crippen molar-refractivity contribution in [2.45, 2.75) is 37.8 Å². The van der Waals surface area contributed by atoms with E-state index in [0.717, 1.165) is 30.7 Å². The maximum absolute atomic E-state index is 13.8. The van der Waals surface area contributed by atoms with Crippen LogP contribution >= 0.6 is 34.5 Å². The number of thiazole rings is 1.